The Morgan fingerprint density at radius 2 is 1.94 bits per heavy atom. The largest absolute Gasteiger partial charge is 0.495 e. The molecule has 0 aliphatic heterocycles. The highest BCUT2D eigenvalue weighted by atomic mass is 35.5. The summed E-state index contributed by atoms with van der Waals surface area (Å²) in [5.74, 6) is 0.438. The summed E-state index contributed by atoms with van der Waals surface area (Å²) >= 11 is 6.03. The van der Waals surface area contributed by atoms with Gasteiger partial charge in [0.1, 0.15) is 5.75 Å². The zero-order chi connectivity index (χ0) is 13.2. The van der Waals surface area contributed by atoms with Gasteiger partial charge in [0.15, 0.2) is 0 Å². The van der Waals surface area contributed by atoms with Crippen LogP contribution in [0.3, 0.4) is 0 Å². The number of hydrogen-bond acceptors (Lipinski definition) is 2. The zero-order valence-corrected chi connectivity index (χ0v) is 11.3. The Morgan fingerprint density at radius 3 is 2.35 bits per heavy atom. The van der Waals surface area contributed by atoms with Crippen LogP contribution in [0, 0.1) is 0 Å². The van der Waals surface area contributed by atoms with E-state index in [2.05, 4.69) is 6.58 Å². The topological polar surface area (TPSA) is 29.5 Å². The van der Waals surface area contributed by atoms with Crippen molar-refractivity contribution in [2.75, 3.05) is 21.2 Å². The molecule has 0 bridgehead atoms. The van der Waals surface area contributed by atoms with Crippen molar-refractivity contribution < 1.29 is 9.53 Å². The number of hydrogen-bond donors (Lipinski definition) is 0. The maximum Gasteiger partial charge on any atom is 0.254 e. The summed E-state index contributed by atoms with van der Waals surface area (Å²) in [6.45, 7) is 5.71. The Morgan fingerprint density at radius 1 is 1.35 bits per heavy atom. The van der Waals surface area contributed by atoms with E-state index in [1.54, 1.807) is 26.2 Å². The molecule has 0 N–H and O–H groups in total. The molecular formula is C13H16ClNO2. The molecule has 1 rings (SSSR count). The summed E-state index contributed by atoms with van der Waals surface area (Å²) in [6, 6.07) is 3.36. The number of nitrogens with zero attached hydrogens (tertiary/aromatic N) is 1. The summed E-state index contributed by atoms with van der Waals surface area (Å²) in [5.41, 5.74) is 2.09. The van der Waals surface area contributed by atoms with Gasteiger partial charge in [-0.15, -0.1) is 0 Å². The number of carbonyl (C=O) groups excluding carboxylic acids is 1. The minimum Gasteiger partial charge on any atom is -0.495 e. The van der Waals surface area contributed by atoms with E-state index in [0.717, 1.165) is 11.1 Å². The van der Waals surface area contributed by atoms with Crippen LogP contribution in [0.5, 0.6) is 5.75 Å². The van der Waals surface area contributed by atoms with Gasteiger partial charge in [-0.05, 0) is 24.6 Å². The fraction of sp³-hybridized carbons (Fsp3) is 0.308. The predicted molar refractivity (Wildman–Crippen MR) is 70.7 cm³/mol. The molecular weight excluding hydrogens is 238 g/mol. The molecule has 0 aliphatic rings. The Kier molecular flexibility index (Phi) is 4.18. The van der Waals surface area contributed by atoms with E-state index in [-0.39, 0.29) is 5.91 Å². The summed E-state index contributed by atoms with van der Waals surface area (Å²) in [4.78, 5) is 13.5. The standard InChI is InChI=1S/C13H16ClNO2/c1-8(2)9-7-12(17-5)11(14)6-10(9)13(16)15(3)4/h6-7H,1H2,2-5H3. The highest BCUT2D eigenvalue weighted by Gasteiger charge is 2.17. The molecule has 1 aromatic rings. The van der Waals surface area contributed by atoms with Gasteiger partial charge in [-0.25, -0.2) is 0 Å². The van der Waals surface area contributed by atoms with Crippen LogP contribution >= 0.6 is 11.6 Å². The lowest BCUT2D eigenvalue weighted by atomic mass is 10.0. The average Bonchev–Trinajstić information content (AvgIpc) is 2.27. The highest BCUT2D eigenvalue weighted by Crippen LogP contribution is 2.31. The Balaban J connectivity index is 3.43. The third-order valence-electron chi connectivity index (χ3n) is 2.39. The smallest absolute Gasteiger partial charge is 0.254 e. The zero-order valence-electron chi connectivity index (χ0n) is 10.5. The van der Waals surface area contributed by atoms with Gasteiger partial charge in [-0.1, -0.05) is 23.8 Å². The highest BCUT2D eigenvalue weighted by molar-refractivity contribution is 6.32. The summed E-state index contributed by atoms with van der Waals surface area (Å²) in [6.07, 6.45) is 0. The van der Waals surface area contributed by atoms with Crippen molar-refractivity contribution in [2.24, 2.45) is 0 Å². The lowest BCUT2D eigenvalue weighted by molar-refractivity contribution is 0.0827. The normalized spacial score (nSPS) is 9.94. The number of carbonyl (C=O) groups is 1. The lowest BCUT2D eigenvalue weighted by Crippen LogP contribution is -2.22. The van der Waals surface area contributed by atoms with Crippen LogP contribution in [-0.4, -0.2) is 32.0 Å². The van der Waals surface area contributed by atoms with Crippen molar-refractivity contribution >= 4 is 23.1 Å². The number of methoxy groups -OCH3 is 1. The Labute approximate surface area is 107 Å². The molecule has 1 amide bonds. The van der Waals surface area contributed by atoms with Gasteiger partial charge in [0.05, 0.1) is 12.1 Å². The minimum absolute atomic E-state index is 0.104. The van der Waals surface area contributed by atoms with E-state index in [9.17, 15) is 4.79 Å². The van der Waals surface area contributed by atoms with Gasteiger partial charge in [0.2, 0.25) is 0 Å². The molecule has 92 valence electrons. The van der Waals surface area contributed by atoms with Gasteiger partial charge >= 0.3 is 0 Å². The van der Waals surface area contributed by atoms with Gasteiger partial charge in [0.25, 0.3) is 5.91 Å². The second kappa shape index (κ2) is 5.23. The average molecular weight is 254 g/mol. The molecule has 3 nitrogen and oxygen atoms in total. The molecule has 0 heterocycles. The molecule has 1 aromatic carbocycles. The van der Waals surface area contributed by atoms with Crippen LogP contribution in [0.25, 0.3) is 5.57 Å². The van der Waals surface area contributed by atoms with Crippen LogP contribution in [0.4, 0.5) is 0 Å². The molecule has 0 spiro atoms. The first-order valence-corrected chi connectivity index (χ1v) is 5.51. The SMILES string of the molecule is C=C(C)c1cc(OC)c(Cl)cc1C(=O)N(C)C. The maximum atomic E-state index is 12.0. The Bertz CT molecular complexity index is 467. The number of benzene rings is 1. The van der Waals surface area contributed by atoms with Gasteiger partial charge in [-0.3, -0.25) is 4.79 Å². The monoisotopic (exact) mass is 253 g/mol. The number of halogens is 1. The van der Waals surface area contributed by atoms with E-state index < -0.39 is 0 Å². The van der Waals surface area contributed by atoms with Crippen LogP contribution in [0.2, 0.25) is 5.02 Å². The molecule has 0 saturated heterocycles. The summed E-state index contributed by atoms with van der Waals surface area (Å²) in [7, 11) is 4.93. The van der Waals surface area contributed by atoms with Gasteiger partial charge in [0, 0.05) is 19.7 Å². The molecule has 0 fully saturated rings. The van der Waals surface area contributed by atoms with Crippen LogP contribution in [0.15, 0.2) is 18.7 Å². The van der Waals surface area contributed by atoms with Crippen molar-refractivity contribution in [1.29, 1.82) is 0 Å². The molecule has 0 radical (unpaired) electrons. The molecule has 17 heavy (non-hydrogen) atoms. The predicted octanol–water partition coefficient (Wildman–Crippen LogP) is 3.08. The molecule has 0 aliphatic carbocycles. The fourth-order valence-electron chi connectivity index (χ4n) is 1.48. The maximum absolute atomic E-state index is 12.0. The van der Waals surface area contributed by atoms with Crippen molar-refractivity contribution in [3.05, 3.63) is 34.9 Å². The second-order valence-electron chi connectivity index (χ2n) is 4.01. The number of ether oxygens (including phenoxy) is 1. The van der Waals surface area contributed by atoms with Crippen molar-refractivity contribution in [3.63, 3.8) is 0 Å². The molecule has 0 saturated carbocycles. The molecule has 0 aromatic heterocycles. The van der Waals surface area contributed by atoms with Crippen molar-refractivity contribution in [1.82, 2.24) is 4.90 Å². The second-order valence-corrected chi connectivity index (χ2v) is 4.42. The van der Waals surface area contributed by atoms with E-state index in [4.69, 9.17) is 16.3 Å². The third kappa shape index (κ3) is 2.80. The van der Waals surface area contributed by atoms with E-state index in [1.165, 1.54) is 12.0 Å². The fourth-order valence-corrected chi connectivity index (χ4v) is 1.72. The first kappa shape index (κ1) is 13.6. The summed E-state index contributed by atoms with van der Waals surface area (Å²) in [5, 5.41) is 0.419. The number of amides is 1. The minimum atomic E-state index is -0.104. The molecule has 0 atom stereocenters. The van der Waals surface area contributed by atoms with Crippen LogP contribution < -0.4 is 4.74 Å². The van der Waals surface area contributed by atoms with Gasteiger partial charge < -0.3 is 9.64 Å². The van der Waals surface area contributed by atoms with E-state index in [1.807, 2.05) is 6.92 Å². The third-order valence-corrected chi connectivity index (χ3v) is 2.68. The van der Waals surface area contributed by atoms with E-state index in [0.29, 0.717) is 16.3 Å². The first-order valence-electron chi connectivity index (χ1n) is 5.13. The van der Waals surface area contributed by atoms with Crippen molar-refractivity contribution in [3.8, 4) is 5.75 Å². The molecule has 4 heteroatoms. The molecule has 0 unspecified atom stereocenters. The summed E-state index contributed by atoms with van der Waals surface area (Å²) < 4.78 is 5.13. The lowest BCUT2D eigenvalue weighted by Gasteiger charge is -2.16. The van der Waals surface area contributed by atoms with E-state index >= 15 is 0 Å². The number of allylic oxidation sites excluding steroid dienone is 1. The van der Waals surface area contributed by atoms with Crippen LogP contribution in [-0.2, 0) is 0 Å². The quantitative estimate of drug-likeness (QED) is 0.829. The van der Waals surface area contributed by atoms with Crippen LogP contribution in [0.1, 0.15) is 22.8 Å². The van der Waals surface area contributed by atoms with Gasteiger partial charge in [-0.2, -0.15) is 0 Å². The number of rotatable bonds is 3. The first-order chi connectivity index (χ1) is 7.88. The Hall–Kier alpha value is -1.48. The van der Waals surface area contributed by atoms with Crippen molar-refractivity contribution in [2.45, 2.75) is 6.92 Å².